The van der Waals surface area contributed by atoms with E-state index in [4.69, 9.17) is 14.2 Å². The minimum Gasteiger partial charge on any atom is -0.504 e. The number of phenolic OH excluding ortho intramolecular Hbond substituents is 1. The van der Waals surface area contributed by atoms with Crippen molar-refractivity contribution < 1.29 is 19.3 Å². The fourth-order valence-corrected chi connectivity index (χ4v) is 5.09. The number of aromatic hydroxyl groups is 1. The van der Waals surface area contributed by atoms with Crippen LogP contribution in [0.5, 0.6) is 23.0 Å². The molecule has 1 aliphatic carbocycles. The lowest BCUT2D eigenvalue weighted by atomic mass is 9.76. The summed E-state index contributed by atoms with van der Waals surface area (Å²) in [7, 11) is 7.07. The third-order valence-corrected chi connectivity index (χ3v) is 6.75. The van der Waals surface area contributed by atoms with E-state index in [9.17, 15) is 5.11 Å². The highest BCUT2D eigenvalue weighted by Gasteiger charge is 2.38. The van der Waals surface area contributed by atoms with Gasteiger partial charge >= 0.3 is 0 Å². The molecule has 0 saturated heterocycles. The molecular weight excluding hydrogens is 445 g/mol. The third-order valence-electron chi connectivity index (χ3n) is 5.59. The van der Waals surface area contributed by atoms with Gasteiger partial charge in [0.15, 0.2) is 23.0 Å². The Morgan fingerprint density at radius 2 is 1.81 bits per heavy atom. The number of benzene rings is 2. The topological polar surface area (TPSA) is 51.2 Å². The quantitative estimate of drug-likeness (QED) is 0.697. The first-order chi connectivity index (χ1) is 12.5. The van der Waals surface area contributed by atoms with Crippen molar-refractivity contribution in [2.24, 2.45) is 0 Å². The highest BCUT2D eigenvalue weighted by molar-refractivity contribution is 14.1. The van der Waals surface area contributed by atoms with Gasteiger partial charge in [0.05, 0.1) is 24.9 Å². The van der Waals surface area contributed by atoms with Crippen LogP contribution in [0.4, 0.5) is 0 Å². The van der Waals surface area contributed by atoms with Crippen LogP contribution in [0.1, 0.15) is 22.7 Å². The van der Waals surface area contributed by atoms with Crippen molar-refractivity contribution in [2.45, 2.75) is 18.9 Å². The largest absolute Gasteiger partial charge is 0.504 e. The van der Waals surface area contributed by atoms with E-state index in [1.54, 1.807) is 21.3 Å². The third kappa shape index (κ3) is 2.38. The molecule has 1 atom stereocenters. The Kier molecular flexibility index (Phi) is 4.43. The maximum atomic E-state index is 10.8. The van der Waals surface area contributed by atoms with Gasteiger partial charge in [0, 0.05) is 18.2 Å². The second kappa shape index (κ2) is 6.49. The smallest absolute Gasteiger partial charge is 0.172 e. The monoisotopic (exact) mass is 467 g/mol. The number of nitrogens with zero attached hydrogens (tertiary/aromatic N) is 1. The predicted molar refractivity (Wildman–Crippen MR) is 109 cm³/mol. The summed E-state index contributed by atoms with van der Waals surface area (Å²) in [6, 6.07) is 4.32. The highest BCUT2D eigenvalue weighted by atomic mass is 127. The van der Waals surface area contributed by atoms with Crippen LogP contribution in [-0.4, -0.2) is 44.9 Å². The molecule has 0 radical (unpaired) electrons. The molecule has 4 rings (SSSR count). The molecule has 1 N–H and O–H groups in total. The number of halogens is 1. The van der Waals surface area contributed by atoms with E-state index in [1.165, 1.54) is 16.7 Å². The maximum absolute atomic E-state index is 10.8. The van der Waals surface area contributed by atoms with E-state index in [0.29, 0.717) is 11.5 Å². The molecule has 0 aromatic heterocycles. The van der Waals surface area contributed by atoms with Crippen LogP contribution < -0.4 is 14.2 Å². The summed E-state index contributed by atoms with van der Waals surface area (Å²) in [5, 5.41) is 10.8. The van der Waals surface area contributed by atoms with Crippen molar-refractivity contribution in [3.63, 3.8) is 0 Å². The summed E-state index contributed by atoms with van der Waals surface area (Å²) < 4.78 is 17.6. The SMILES string of the molecule is COc1cc2c(cc1OC)-c1c(OC)c(O)c(I)c3c1[C@H](C2)N(C)CC3. The zero-order valence-corrected chi connectivity index (χ0v) is 17.5. The van der Waals surface area contributed by atoms with E-state index < -0.39 is 0 Å². The van der Waals surface area contributed by atoms with Gasteiger partial charge in [-0.1, -0.05) is 0 Å². The van der Waals surface area contributed by atoms with Crippen LogP contribution in [0.25, 0.3) is 11.1 Å². The molecule has 0 unspecified atom stereocenters. The Morgan fingerprint density at radius 1 is 1.12 bits per heavy atom. The number of hydrogen-bond acceptors (Lipinski definition) is 5. The summed E-state index contributed by atoms with van der Waals surface area (Å²) in [5.41, 5.74) is 5.73. The number of ether oxygens (including phenoxy) is 3. The fraction of sp³-hybridized carbons (Fsp3) is 0.400. The van der Waals surface area contributed by atoms with Crippen molar-refractivity contribution in [3.05, 3.63) is 32.4 Å². The van der Waals surface area contributed by atoms with Crippen LogP contribution in [0.2, 0.25) is 0 Å². The first kappa shape index (κ1) is 17.7. The second-order valence-electron chi connectivity index (χ2n) is 6.78. The lowest BCUT2D eigenvalue weighted by molar-refractivity contribution is 0.226. The molecule has 0 amide bonds. The van der Waals surface area contributed by atoms with Gasteiger partial charge in [-0.3, -0.25) is 4.90 Å². The van der Waals surface area contributed by atoms with E-state index in [0.717, 1.165) is 39.8 Å². The Balaban J connectivity index is 2.10. The summed E-state index contributed by atoms with van der Waals surface area (Å²) in [4.78, 5) is 2.39. The predicted octanol–water partition coefficient (Wildman–Crippen LogP) is 3.77. The summed E-state index contributed by atoms with van der Waals surface area (Å²) >= 11 is 2.24. The average Bonchev–Trinajstić information content (AvgIpc) is 2.66. The molecule has 138 valence electrons. The minimum atomic E-state index is 0.229. The van der Waals surface area contributed by atoms with Crippen molar-refractivity contribution >= 4 is 22.6 Å². The molecule has 2 aromatic rings. The van der Waals surface area contributed by atoms with E-state index in [1.807, 2.05) is 12.1 Å². The van der Waals surface area contributed by atoms with Crippen LogP contribution in [0, 0.1) is 3.57 Å². The molecule has 26 heavy (non-hydrogen) atoms. The lowest BCUT2D eigenvalue weighted by Gasteiger charge is -2.41. The number of rotatable bonds is 3. The molecule has 2 aromatic carbocycles. The fourth-order valence-electron chi connectivity index (χ4n) is 4.28. The van der Waals surface area contributed by atoms with Gasteiger partial charge in [-0.2, -0.15) is 0 Å². The molecule has 0 saturated carbocycles. The number of methoxy groups -OCH3 is 3. The number of fused-ring (bicyclic) bond motifs is 2. The average molecular weight is 467 g/mol. The molecule has 1 heterocycles. The molecule has 2 aliphatic rings. The van der Waals surface area contributed by atoms with Crippen LogP contribution >= 0.6 is 22.6 Å². The van der Waals surface area contributed by atoms with Gasteiger partial charge < -0.3 is 19.3 Å². The van der Waals surface area contributed by atoms with Crippen LogP contribution in [0.15, 0.2) is 12.1 Å². The van der Waals surface area contributed by atoms with Crippen LogP contribution in [0.3, 0.4) is 0 Å². The molecule has 0 spiro atoms. The van der Waals surface area contributed by atoms with Gasteiger partial charge in [0.1, 0.15) is 0 Å². The Bertz CT molecular complexity index is 896. The van der Waals surface area contributed by atoms with Crippen molar-refractivity contribution in [1.29, 1.82) is 0 Å². The first-order valence-electron chi connectivity index (χ1n) is 8.58. The molecular formula is C20H22INO4. The van der Waals surface area contributed by atoms with Crippen molar-refractivity contribution in [1.82, 2.24) is 4.90 Å². The van der Waals surface area contributed by atoms with Crippen molar-refractivity contribution in [3.8, 4) is 34.1 Å². The van der Waals surface area contributed by atoms with E-state index >= 15 is 0 Å². The Hall–Kier alpha value is -1.67. The van der Waals surface area contributed by atoms with Crippen molar-refractivity contribution in [2.75, 3.05) is 34.9 Å². The Morgan fingerprint density at radius 3 is 2.46 bits per heavy atom. The second-order valence-corrected chi connectivity index (χ2v) is 7.86. The standard InChI is InChI=1S/C20H22INO4/c1-22-6-5-11-16-13(22)7-10-8-14(24-2)15(25-3)9-12(10)17(16)20(26-4)19(23)18(11)21/h8-9,13,23H,5-7H2,1-4H3/t13-/m0/s1. The van der Waals surface area contributed by atoms with Gasteiger partial charge in [0.2, 0.25) is 0 Å². The number of hydrogen-bond donors (Lipinski definition) is 1. The van der Waals surface area contributed by atoms with E-state index in [-0.39, 0.29) is 11.8 Å². The Labute approximate surface area is 167 Å². The van der Waals surface area contributed by atoms with E-state index in [2.05, 4.69) is 34.5 Å². The summed E-state index contributed by atoms with van der Waals surface area (Å²) in [6.07, 6.45) is 1.82. The number of likely N-dealkylation sites (N-methyl/N-ethyl adjacent to an activating group) is 1. The minimum absolute atomic E-state index is 0.229. The zero-order valence-electron chi connectivity index (χ0n) is 15.4. The lowest BCUT2D eigenvalue weighted by Crippen LogP contribution is -2.36. The summed E-state index contributed by atoms with van der Waals surface area (Å²) in [6.45, 7) is 0.974. The number of phenols is 1. The van der Waals surface area contributed by atoms with Gasteiger partial charge in [-0.25, -0.2) is 0 Å². The zero-order chi connectivity index (χ0) is 18.6. The van der Waals surface area contributed by atoms with Crippen LogP contribution in [-0.2, 0) is 12.8 Å². The molecule has 6 heteroatoms. The van der Waals surface area contributed by atoms with Gasteiger partial charge in [0.25, 0.3) is 0 Å². The van der Waals surface area contributed by atoms with Gasteiger partial charge in [-0.15, -0.1) is 0 Å². The molecule has 0 bridgehead atoms. The molecule has 0 fully saturated rings. The van der Waals surface area contributed by atoms with Gasteiger partial charge in [-0.05, 0) is 76.9 Å². The maximum Gasteiger partial charge on any atom is 0.172 e. The molecule has 1 aliphatic heterocycles. The highest BCUT2D eigenvalue weighted by Crippen LogP contribution is 2.55. The summed E-state index contributed by atoms with van der Waals surface area (Å²) in [5.74, 6) is 2.18. The first-order valence-corrected chi connectivity index (χ1v) is 9.66. The molecule has 5 nitrogen and oxygen atoms in total. The normalized spacial score (nSPS) is 18.1.